The Balaban J connectivity index is 2.37. The Labute approximate surface area is 104 Å². The number of H-pyrrole nitrogens is 1. The van der Waals surface area contributed by atoms with Crippen molar-refractivity contribution in [3.05, 3.63) is 28.6 Å². The summed E-state index contributed by atoms with van der Waals surface area (Å²) in [5.41, 5.74) is 6.52. The average molecular weight is 248 g/mol. The molecule has 0 aliphatic carbocycles. The molecule has 0 saturated heterocycles. The van der Waals surface area contributed by atoms with E-state index in [2.05, 4.69) is 15.3 Å². The molecule has 0 radical (unpaired) electrons. The normalized spacial score (nSPS) is 12.6. The van der Waals surface area contributed by atoms with Crippen molar-refractivity contribution in [2.24, 2.45) is 0 Å². The van der Waals surface area contributed by atoms with Crippen LogP contribution in [-0.4, -0.2) is 27.7 Å². The SMILES string of the molecule is CC(CCO)Nc1nc2ccc(N)cc2c(=O)[nH]1. The molecule has 96 valence electrons. The van der Waals surface area contributed by atoms with Crippen molar-refractivity contribution in [3.63, 3.8) is 0 Å². The van der Waals surface area contributed by atoms with Crippen LogP contribution in [0.3, 0.4) is 0 Å². The Hall–Kier alpha value is -2.08. The molecule has 1 heterocycles. The minimum absolute atomic E-state index is 0.0318. The van der Waals surface area contributed by atoms with Gasteiger partial charge in [-0.2, -0.15) is 0 Å². The van der Waals surface area contributed by atoms with Gasteiger partial charge in [-0.1, -0.05) is 0 Å². The highest BCUT2D eigenvalue weighted by atomic mass is 16.3. The number of aromatic amines is 1. The Kier molecular flexibility index (Phi) is 3.47. The number of fused-ring (bicyclic) bond motifs is 1. The van der Waals surface area contributed by atoms with Crippen LogP contribution in [0.15, 0.2) is 23.0 Å². The van der Waals surface area contributed by atoms with E-state index in [-0.39, 0.29) is 18.2 Å². The molecule has 0 amide bonds. The van der Waals surface area contributed by atoms with Crippen LogP contribution in [-0.2, 0) is 0 Å². The molecule has 5 N–H and O–H groups in total. The van der Waals surface area contributed by atoms with Gasteiger partial charge in [0.25, 0.3) is 5.56 Å². The lowest BCUT2D eigenvalue weighted by Gasteiger charge is -2.12. The highest BCUT2D eigenvalue weighted by Crippen LogP contribution is 2.13. The van der Waals surface area contributed by atoms with Gasteiger partial charge < -0.3 is 16.2 Å². The molecule has 1 aromatic heterocycles. The number of hydrogen-bond acceptors (Lipinski definition) is 5. The Bertz CT molecular complexity index is 609. The zero-order chi connectivity index (χ0) is 13.1. The predicted molar refractivity (Wildman–Crippen MR) is 71.6 cm³/mol. The van der Waals surface area contributed by atoms with Gasteiger partial charge in [-0.05, 0) is 31.5 Å². The van der Waals surface area contributed by atoms with Crippen molar-refractivity contribution in [1.82, 2.24) is 9.97 Å². The van der Waals surface area contributed by atoms with Crippen LogP contribution in [0.1, 0.15) is 13.3 Å². The number of benzene rings is 1. The van der Waals surface area contributed by atoms with Crippen LogP contribution in [0.4, 0.5) is 11.6 Å². The predicted octanol–water partition coefficient (Wildman–Crippen LogP) is 0.688. The smallest absolute Gasteiger partial charge is 0.260 e. The highest BCUT2D eigenvalue weighted by Gasteiger charge is 2.06. The number of nitrogens with one attached hydrogen (secondary N) is 2. The van der Waals surface area contributed by atoms with Crippen LogP contribution in [0.5, 0.6) is 0 Å². The fourth-order valence-electron chi connectivity index (χ4n) is 1.72. The van der Waals surface area contributed by atoms with Crippen LogP contribution in [0.2, 0.25) is 0 Å². The van der Waals surface area contributed by atoms with Gasteiger partial charge in [0.1, 0.15) is 0 Å². The monoisotopic (exact) mass is 248 g/mol. The lowest BCUT2D eigenvalue weighted by atomic mass is 10.2. The number of anilines is 2. The molecule has 0 spiro atoms. The van der Waals surface area contributed by atoms with Crippen molar-refractivity contribution >= 4 is 22.5 Å². The minimum atomic E-state index is -0.231. The van der Waals surface area contributed by atoms with E-state index in [0.717, 1.165) is 0 Å². The van der Waals surface area contributed by atoms with Crippen molar-refractivity contribution in [2.75, 3.05) is 17.7 Å². The van der Waals surface area contributed by atoms with E-state index < -0.39 is 0 Å². The van der Waals surface area contributed by atoms with Crippen molar-refractivity contribution < 1.29 is 5.11 Å². The van der Waals surface area contributed by atoms with Gasteiger partial charge in [-0.3, -0.25) is 9.78 Å². The molecule has 0 fully saturated rings. The topological polar surface area (TPSA) is 104 Å². The van der Waals surface area contributed by atoms with Gasteiger partial charge >= 0.3 is 0 Å². The summed E-state index contributed by atoms with van der Waals surface area (Å²) >= 11 is 0. The number of aliphatic hydroxyl groups excluding tert-OH is 1. The summed E-state index contributed by atoms with van der Waals surface area (Å²) in [5, 5.41) is 12.3. The summed E-state index contributed by atoms with van der Waals surface area (Å²) in [6.07, 6.45) is 0.587. The fraction of sp³-hybridized carbons (Fsp3) is 0.333. The molecule has 0 bridgehead atoms. The number of nitrogen functional groups attached to an aromatic ring is 1. The van der Waals surface area contributed by atoms with Gasteiger partial charge in [0.15, 0.2) is 0 Å². The number of hydrogen-bond donors (Lipinski definition) is 4. The Morgan fingerprint density at radius 2 is 2.33 bits per heavy atom. The fourth-order valence-corrected chi connectivity index (χ4v) is 1.72. The maximum Gasteiger partial charge on any atom is 0.260 e. The number of rotatable bonds is 4. The summed E-state index contributed by atoms with van der Waals surface area (Å²) in [7, 11) is 0. The van der Waals surface area contributed by atoms with Crippen LogP contribution in [0, 0.1) is 0 Å². The lowest BCUT2D eigenvalue weighted by Crippen LogP contribution is -2.21. The van der Waals surface area contributed by atoms with Gasteiger partial charge in [0.05, 0.1) is 10.9 Å². The lowest BCUT2D eigenvalue weighted by molar-refractivity contribution is 0.282. The highest BCUT2D eigenvalue weighted by molar-refractivity contribution is 5.81. The van der Waals surface area contributed by atoms with E-state index in [4.69, 9.17) is 10.8 Å². The summed E-state index contributed by atoms with van der Waals surface area (Å²) in [5.74, 6) is 0.401. The Morgan fingerprint density at radius 1 is 1.56 bits per heavy atom. The zero-order valence-electron chi connectivity index (χ0n) is 10.1. The standard InChI is InChI=1S/C12H16N4O2/c1-7(4-5-17)14-12-15-10-3-2-8(13)6-9(10)11(18)16-12/h2-3,6-7,17H,4-5,13H2,1H3,(H2,14,15,16,18). The van der Waals surface area contributed by atoms with Gasteiger partial charge in [0.2, 0.25) is 5.95 Å². The maximum absolute atomic E-state index is 11.9. The van der Waals surface area contributed by atoms with Gasteiger partial charge in [-0.25, -0.2) is 4.98 Å². The molecule has 0 aliphatic heterocycles. The molecule has 0 saturated carbocycles. The third kappa shape index (κ3) is 2.60. The molecular formula is C12H16N4O2. The summed E-state index contributed by atoms with van der Waals surface area (Å²) < 4.78 is 0. The largest absolute Gasteiger partial charge is 0.399 e. The number of nitrogens with zero attached hydrogens (tertiary/aromatic N) is 1. The molecule has 6 nitrogen and oxygen atoms in total. The quantitative estimate of drug-likeness (QED) is 0.596. The molecular weight excluding hydrogens is 232 g/mol. The summed E-state index contributed by atoms with van der Waals surface area (Å²) in [6, 6.07) is 5.05. The second-order valence-electron chi connectivity index (χ2n) is 4.25. The third-order valence-corrected chi connectivity index (χ3v) is 2.67. The molecule has 2 rings (SSSR count). The second-order valence-corrected chi connectivity index (χ2v) is 4.25. The van der Waals surface area contributed by atoms with E-state index in [1.807, 2.05) is 6.92 Å². The van der Waals surface area contributed by atoms with Crippen molar-refractivity contribution in [2.45, 2.75) is 19.4 Å². The molecule has 2 aromatic rings. The summed E-state index contributed by atoms with van der Waals surface area (Å²) in [4.78, 5) is 18.8. The first-order valence-electron chi connectivity index (χ1n) is 5.77. The minimum Gasteiger partial charge on any atom is -0.399 e. The Morgan fingerprint density at radius 3 is 3.06 bits per heavy atom. The molecule has 18 heavy (non-hydrogen) atoms. The van der Waals surface area contributed by atoms with Crippen LogP contribution < -0.4 is 16.6 Å². The van der Waals surface area contributed by atoms with E-state index in [0.29, 0.717) is 29.0 Å². The zero-order valence-corrected chi connectivity index (χ0v) is 10.1. The van der Waals surface area contributed by atoms with Crippen LogP contribution >= 0.6 is 0 Å². The number of nitrogens with two attached hydrogens (primary N) is 1. The van der Waals surface area contributed by atoms with Gasteiger partial charge in [0, 0.05) is 18.3 Å². The number of aromatic nitrogens is 2. The van der Waals surface area contributed by atoms with E-state index >= 15 is 0 Å². The molecule has 1 unspecified atom stereocenters. The van der Waals surface area contributed by atoms with Crippen LogP contribution in [0.25, 0.3) is 10.9 Å². The first-order chi connectivity index (χ1) is 8.60. The first-order valence-corrected chi connectivity index (χ1v) is 5.77. The second kappa shape index (κ2) is 5.05. The summed E-state index contributed by atoms with van der Waals surface area (Å²) in [6.45, 7) is 1.99. The van der Waals surface area contributed by atoms with E-state index in [1.54, 1.807) is 18.2 Å². The molecule has 6 heteroatoms. The third-order valence-electron chi connectivity index (χ3n) is 2.67. The van der Waals surface area contributed by atoms with Crippen molar-refractivity contribution in [1.29, 1.82) is 0 Å². The maximum atomic E-state index is 11.9. The van der Waals surface area contributed by atoms with E-state index in [1.165, 1.54) is 0 Å². The molecule has 1 aromatic carbocycles. The molecule has 1 atom stereocenters. The molecule has 0 aliphatic rings. The first kappa shape index (κ1) is 12.4. The number of aliphatic hydroxyl groups is 1. The average Bonchev–Trinajstić information content (AvgIpc) is 2.30. The van der Waals surface area contributed by atoms with E-state index in [9.17, 15) is 4.79 Å². The van der Waals surface area contributed by atoms with Gasteiger partial charge in [-0.15, -0.1) is 0 Å². The van der Waals surface area contributed by atoms with Crippen molar-refractivity contribution in [3.8, 4) is 0 Å².